The van der Waals surface area contributed by atoms with Crippen molar-refractivity contribution in [2.45, 2.75) is 62.7 Å². The predicted molar refractivity (Wildman–Crippen MR) is 103 cm³/mol. The summed E-state index contributed by atoms with van der Waals surface area (Å²) in [6.45, 7) is 0. The quantitative estimate of drug-likeness (QED) is 0.850. The van der Waals surface area contributed by atoms with Crippen LogP contribution in [0.15, 0.2) is 30.3 Å². The Morgan fingerprint density at radius 3 is 2.42 bits per heavy atom. The Labute approximate surface area is 161 Å². The maximum absolute atomic E-state index is 13.1. The van der Waals surface area contributed by atoms with Gasteiger partial charge in [0.25, 0.3) is 0 Å². The zero-order chi connectivity index (χ0) is 17.4. The first-order valence-corrected chi connectivity index (χ1v) is 9.49. The fraction of sp³-hybridized carbons (Fsp3) is 0.600. The van der Waals surface area contributed by atoms with Gasteiger partial charge in [-0.05, 0) is 37.7 Å². The molecule has 3 saturated heterocycles. The number of amides is 2. The summed E-state index contributed by atoms with van der Waals surface area (Å²) < 4.78 is 0. The smallest absolute Gasteiger partial charge is 0.225 e. The Hall–Kier alpha value is -1.59. The number of benzene rings is 1. The minimum absolute atomic E-state index is 0. The Kier molecular flexibility index (Phi) is 5.88. The number of carbonyl (C=O) groups is 2. The number of fused-ring (bicyclic) bond motifs is 2. The molecule has 2 N–H and O–H groups in total. The lowest BCUT2D eigenvalue weighted by atomic mass is 9.83. The van der Waals surface area contributed by atoms with E-state index in [-0.39, 0.29) is 42.2 Å². The SMILES string of the molecule is CN1C(=O)CCC(C(=O)NC2CC3CCC(C2)N3)C1c1ccccc1.Cl. The Morgan fingerprint density at radius 1 is 1.12 bits per heavy atom. The monoisotopic (exact) mass is 377 g/mol. The van der Waals surface area contributed by atoms with E-state index in [0.29, 0.717) is 24.9 Å². The van der Waals surface area contributed by atoms with Gasteiger partial charge < -0.3 is 15.5 Å². The standard InChI is InChI=1S/C20H27N3O2.ClH/c1-23-18(24)10-9-17(19(23)13-5-3-2-4-6-13)20(25)22-16-11-14-7-8-15(12-16)21-14;/h2-6,14-17,19,21H,7-12H2,1H3,(H,22,25);1H. The predicted octanol–water partition coefficient (Wildman–Crippen LogP) is 2.42. The third kappa shape index (κ3) is 3.74. The number of piperidine rings is 2. The first kappa shape index (κ1) is 19.2. The highest BCUT2D eigenvalue weighted by molar-refractivity contribution is 5.85. The summed E-state index contributed by atoms with van der Waals surface area (Å²) in [5, 5.41) is 6.92. The Balaban J connectivity index is 0.00000196. The summed E-state index contributed by atoms with van der Waals surface area (Å²) in [6.07, 6.45) is 5.59. The lowest BCUT2D eigenvalue weighted by Crippen LogP contribution is -2.52. The molecule has 3 heterocycles. The van der Waals surface area contributed by atoms with Gasteiger partial charge in [0.1, 0.15) is 0 Å². The van der Waals surface area contributed by atoms with Crippen LogP contribution in [0.1, 0.15) is 50.1 Å². The average Bonchev–Trinajstić information content (AvgIpc) is 2.96. The summed E-state index contributed by atoms with van der Waals surface area (Å²) in [5.74, 6) is 0.0648. The number of rotatable bonds is 3. The summed E-state index contributed by atoms with van der Waals surface area (Å²) in [4.78, 5) is 27.0. The number of nitrogens with one attached hydrogen (secondary N) is 2. The largest absolute Gasteiger partial charge is 0.353 e. The molecule has 0 radical (unpaired) electrons. The van der Waals surface area contributed by atoms with Gasteiger partial charge in [0.2, 0.25) is 11.8 Å². The van der Waals surface area contributed by atoms with Crippen molar-refractivity contribution in [2.75, 3.05) is 7.05 Å². The van der Waals surface area contributed by atoms with E-state index in [1.165, 1.54) is 12.8 Å². The third-order valence-corrected chi connectivity index (χ3v) is 6.16. The molecule has 4 atom stereocenters. The molecule has 2 bridgehead atoms. The van der Waals surface area contributed by atoms with Crippen molar-refractivity contribution in [2.24, 2.45) is 5.92 Å². The van der Waals surface area contributed by atoms with E-state index < -0.39 is 0 Å². The molecule has 3 aliphatic rings. The number of halogens is 1. The molecule has 1 aromatic carbocycles. The van der Waals surface area contributed by atoms with Crippen molar-refractivity contribution < 1.29 is 9.59 Å². The number of hydrogen-bond acceptors (Lipinski definition) is 3. The average molecular weight is 378 g/mol. The zero-order valence-corrected chi connectivity index (χ0v) is 16.0. The van der Waals surface area contributed by atoms with Crippen LogP contribution in [0.25, 0.3) is 0 Å². The molecule has 3 fully saturated rings. The van der Waals surface area contributed by atoms with Crippen LogP contribution in [0.2, 0.25) is 0 Å². The van der Waals surface area contributed by atoms with Crippen LogP contribution in [-0.4, -0.2) is 41.9 Å². The lowest BCUT2D eigenvalue weighted by Gasteiger charge is -2.39. The normalized spacial score (nSPS) is 33.5. The summed E-state index contributed by atoms with van der Waals surface area (Å²) in [6, 6.07) is 11.2. The van der Waals surface area contributed by atoms with Crippen LogP contribution < -0.4 is 10.6 Å². The highest BCUT2D eigenvalue weighted by Gasteiger charge is 2.40. The lowest BCUT2D eigenvalue weighted by molar-refractivity contribution is -0.142. The molecule has 3 aliphatic heterocycles. The van der Waals surface area contributed by atoms with Gasteiger partial charge in [0.15, 0.2) is 0 Å². The van der Waals surface area contributed by atoms with Crippen LogP contribution in [-0.2, 0) is 9.59 Å². The second-order valence-corrected chi connectivity index (χ2v) is 7.82. The molecule has 0 aliphatic carbocycles. The molecule has 0 saturated carbocycles. The van der Waals surface area contributed by atoms with Crippen molar-refractivity contribution in [3.63, 3.8) is 0 Å². The van der Waals surface area contributed by atoms with Gasteiger partial charge in [-0.3, -0.25) is 9.59 Å². The van der Waals surface area contributed by atoms with E-state index in [0.717, 1.165) is 18.4 Å². The topological polar surface area (TPSA) is 61.4 Å². The second-order valence-electron chi connectivity index (χ2n) is 7.82. The van der Waals surface area contributed by atoms with E-state index in [2.05, 4.69) is 10.6 Å². The molecule has 5 nitrogen and oxygen atoms in total. The maximum Gasteiger partial charge on any atom is 0.225 e. The van der Waals surface area contributed by atoms with Crippen molar-refractivity contribution in [3.8, 4) is 0 Å². The highest BCUT2D eigenvalue weighted by Crippen LogP contribution is 2.36. The van der Waals surface area contributed by atoms with Crippen LogP contribution in [0.5, 0.6) is 0 Å². The molecule has 2 amide bonds. The number of nitrogens with zero attached hydrogens (tertiary/aromatic N) is 1. The fourth-order valence-corrected chi connectivity index (χ4v) is 4.90. The first-order chi connectivity index (χ1) is 12.1. The van der Waals surface area contributed by atoms with E-state index >= 15 is 0 Å². The number of carbonyl (C=O) groups excluding carboxylic acids is 2. The fourth-order valence-electron chi connectivity index (χ4n) is 4.90. The van der Waals surface area contributed by atoms with E-state index in [1.54, 1.807) is 4.90 Å². The molecule has 4 rings (SSSR count). The molecule has 0 spiro atoms. The molecule has 1 aromatic rings. The molecule has 0 aromatic heterocycles. The molecule has 26 heavy (non-hydrogen) atoms. The van der Waals surface area contributed by atoms with E-state index in [1.807, 2.05) is 37.4 Å². The summed E-state index contributed by atoms with van der Waals surface area (Å²) in [7, 11) is 1.82. The van der Waals surface area contributed by atoms with Crippen molar-refractivity contribution >= 4 is 24.2 Å². The minimum atomic E-state index is -0.169. The van der Waals surface area contributed by atoms with Gasteiger partial charge in [0, 0.05) is 31.6 Å². The van der Waals surface area contributed by atoms with Crippen LogP contribution >= 0.6 is 12.4 Å². The van der Waals surface area contributed by atoms with Gasteiger partial charge in [-0.15, -0.1) is 12.4 Å². The molecular formula is C20H28ClN3O2. The number of hydrogen-bond donors (Lipinski definition) is 2. The van der Waals surface area contributed by atoms with Crippen LogP contribution in [0.3, 0.4) is 0 Å². The maximum atomic E-state index is 13.1. The van der Waals surface area contributed by atoms with E-state index in [4.69, 9.17) is 0 Å². The summed E-state index contributed by atoms with van der Waals surface area (Å²) in [5.41, 5.74) is 1.04. The third-order valence-electron chi connectivity index (χ3n) is 6.16. The minimum Gasteiger partial charge on any atom is -0.353 e. The molecule has 142 valence electrons. The van der Waals surface area contributed by atoms with E-state index in [9.17, 15) is 9.59 Å². The van der Waals surface area contributed by atoms with Crippen molar-refractivity contribution in [3.05, 3.63) is 35.9 Å². The van der Waals surface area contributed by atoms with Gasteiger partial charge in [-0.1, -0.05) is 30.3 Å². The first-order valence-electron chi connectivity index (χ1n) is 9.49. The summed E-state index contributed by atoms with van der Waals surface area (Å²) >= 11 is 0. The second kappa shape index (κ2) is 7.97. The van der Waals surface area contributed by atoms with Crippen molar-refractivity contribution in [1.82, 2.24) is 15.5 Å². The van der Waals surface area contributed by atoms with Gasteiger partial charge in [-0.25, -0.2) is 0 Å². The van der Waals surface area contributed by atoms with Gasteiger partial charge in [-0.2, -0.15) is 0 Å². The van der Waals surface area contributed by atoms with Gasteiger partial charge >= 0.3 is 0 Å². The molecular weight excluding hydrogens is 350 g/mol. The van der Waals surface area contributed by atoms with Crippen LogP contribution in [0, 0.1) is 5.92 Å². The Morgan fingerprint density at radius 2 is 1.77 bits per heavy atom. The molecule has 4 unspecified atom stereocenters. The van der Waals surface area contributed by atoms with Gasteiger partial charge in [0.05, 0.1) is 12.0 Å². The highest BCUT2D eigenvalue weighted by atomic mass is 35.5. The molecule has 6 heteroatoms. The van der Waals surface area contributed by atoms with Crippen molar-refractivity contribution in [1.29, 1.82) is 0 Å². The number of likely N-dealkylation sites (tertiary alicyclic amines) is 1. The van der Waals surface area contributed by atoms with Crippen LogP contribution in [0.4, 0.5) is 0 Å². The Bertz CT molecular complexity index is 642. The zero-order valence-electron chi connectivity index (χ0n) is 15.2.